The van der Waals surface area contributed by atoms with Crippen LogP contribution in [0, 0.1) is 0 Å². The van der Waals surface area contributed by atoms with Crippen molar-refractivity contribution < 1.29 is 19.1 Å². The molecule has 0 radical (unpaired) electrons. The zero-order valence-corrected chi connectivity index (χ0v) is 15.6. The van der Waals surface area contributed by atoms with Crippen LogP contribution in [0.25, 0.3) is 6.08 Å². The Kier molecular flexibility index (Phi) is 7.94. The van der Waals surface area contributed by atoms with Gasteiger partial charge in [-0.05, 0) is 36.6 Å². The largest absolute Gasteiger partial charge is 0.452 e. The molecule has 0 spiro atoms. The molecule has 0 atom stereocenters. The van der Waals surface area contributed by atoms with E-state index in [1.807, 2.05) is 0 Å². The molecule has 0 aliphatic heterocycles. The molecule has 140 valence electrons. The molecule has 1 saturated carbocycles. The zero-order valence-electron chi connectivity index (χ0n) is 14.1. The highest BCUT2D eigenvalue weighted by atomic mass is 35.5. The van der Waals surface area contributed by atoms with Crippen LogP contribution in [0.3, 0.4) is 0 Å². The van der Waals surface area contributed by atoms with Gasteiger partial charge in [0.2, 0.25) is 0 Å². The summed E-state index contributed by atoms with van der Waals surface area (Å²) in [4.78, 5) is 35.0. The van der Waals surface area contributed by atoms with E-state index in [0.29, 0.717) is 15.6 Å². The lowest BCUT2D eigenvalue weighted by Crippen LogP contribution is -2.46. The first kappa shape index (κ1) is 20.3. The molecule has 1 aromatic rings. The minimum Gasteiger partial charge on any atom is -0.452 e. The lowest BCUT2D eigenvalue weighted by atomic mass is 9.96. The van der Waals surface area contributed by atoms with Gasteiger partial charge in [0.05, 0.1) is 0 Å². The van der Waals surface area contributed by atoms with Gasteiger partial charge in [-0.1, -0.05) is 48.5 Å². The Balaban J connectivity index is 1.71. The van der Waals surface area contributed by atoms with Crippen molar-refractivity contribution in [2.24, 2.45) is 0 Å². The third-order valence-corrected chi connectivity index (χ3v) is 4.46. The van der Waals surface area contributed by atoms with E-state index in [2.05, 4.69) is 10.6 Å². The Morgan fingerprint density at radius 2 is 1.88 bits per heavy atom. The molecule has 2 N–H and O–H groups in total. The van der Waals surface area contributed by atoms with E-state index in [1.165, 1.54) is 12.5 Å². The van der Waals surface area contributed by atoms with Crippen molar-refractivity contribution in [2.45, 2.75) is 38.1 Å². The number of urea groups is 1. The Morgan fingerprint density at radius 3 is 2.58 bits per heavy atom. The van der Waals surface area contributed by atoms with Crippen LogP contribution in [-0.4, -0.2) is 30.6 Å². The summed E-state index contributed by atoms with van der Waals surface area (Å²) in [6, 6.07) is 4.35. The summed E-state index contributed by atoms with van der Waals surface area (Å²) in [5, 5.41) is 5.76. The van der Waals surface area contributed by atoms with E-state index in [1.54, 1.807) is 18.2 Å². The highest BCUT2D eigenvalue weighted by Gasteiger charge is 2.17. The second-order valence-electron chi connectivity index (χ2n) is 5.96. The van der Waals surface area contributed by atoms with E-state index >= 15 is 0 Å². The molecule has 26 heavy (non-hydrogen) atoms. The van der Waals surface area contributed by atoms with E-state index in [4.69, 9.17) is 27.9 Å². The Morgan fingerprint density at radius 1 is 1.15 bits per heavy atom. The zero-order chi connectivity index (χ0) is 18.9. The lowest BCUT2D eigenvalue weighted by Gasteiger charge is -2.22. The van der Waals surface area contributed by atoms with Crippen molar-refractivity contribution in [1.82, 2.24) is 10.6 Å². The van der Waals surface area contributed by atoms with Gasteiger partial charge in [0, 0.05) is 22.2 Å². The van der Waals surface area contributed by atoms with Crippen molar-refractivity contribution in [3.8, 4) is 0 Å². The summed E-state index contributed by atoms with van der Waals surface area (Å²) in [5.74, 6) is -1.41. The van der Waals surface area contributed by atoms with Crippen LogP contribution in [0.15, 0.2) is 24.3 Å². The molecule has 0 heterocycles. The number of hydrogen-bond acceptors (Lipinski definition) is 4. The van der Waals surface area contributed by atoms with E-state index in [9.17, 15) is 14.4 Å². The summed E-state index contributed by atoms with van der Waals surface area (Å²) in [6.45, 7) is -0.546. The minimum atomic E-state index is -0.723. The van der Waals surface area contributed by atoms with Gasteiger partial charge in [0.1, 0.15) is 0 Å². The molecule has 1 aliphatic rings. The maximum atomic E-state index is 11.7. The topological polar surface area (TPSA) is 84.5 Å². The van der Waals surface area contributed by atoms with Gasteiger partial charge in [-0.15, -0.1) is 0 Å². The van der Waals surface area contributed by atoms with Gasteiger partial charge in [0.25, 0.3) is 5.91 Å². The third-order valence-electron chi connectivity index (χ3n) is 3.90. The number of amides is 3. The number of ether oxygens (including phenoxy) is 1. The molecular weight excluding hydrogens is 379 g/mol. The summed E-state index contributed by atoms with van der Waals surface area (Å²) in [5.41, 5.74) is 0.587. The van der Waals surface area contributed by atoms with Crippen molar-refractivity contribution >= 4 is 47.2 Å². The molecule has 0 saturated heterocycles. The average molecular weight is 399 g/mol. The van der Waals surface area contributed by atoms with Gasteiger partial charge >= 0.3 is 12.0 Å². The fourth-order valence-corrected chi connectivity index (χ4v) is 3.08. The summed E-state index contributed by atoms with van der Waals surface area (Å²) >= 11 is 11.8. The van der Waals surface area contributed by atoms with Crippen molar-refractivity contribution in [3.05, 3.63) is 39.9 Å². The molecule has 1 aliphatic carbocycles. The number of hydrogen-bond donors (Lipinski definition) is 2. The molecule has 1 fully saturated rings. The van der Waals surface area contributed by atoms with Crippen molar-refractivity contribution in [3.63, 3.8) is 0 Å². The highest BCUT2D eigenvalue weighted by Crippen LogP contribution is 2.22. The minimum absolute atomic E-state index is 0.0890. The molecule has 8 heteroatoms. The Bertz CT molecular complexity index is 700. The summed E-state index contributed by atoms with van der Waals surface area (Å²) < 4.78 is 4.79. The number of benzene rings is 1. The van der Waals surface area contributed by atoms with Crippen LogP contribution >= 0.6 is 23.2 Å². The summed E-state index contributed by atoms with van der Waals surface area (Å²) in [6.07, 6.45) is 7.73. The van der Waals surface area contributed by atoms with Gasteiger partial charge in [-0.2, -0.15) is 0 Å². The fourth-order valence-electron chi connectivity index (χ4n) is 2.61. The normalized spacial score (nSPS) is 14.8. The van der Waals surface area contributed by atoms with E-state index < -0.39 is 24.5 Å². The number of nitrogens with one attached hydrogen (secondary N) is 2. The first-order chi connectivity index (χ1) is 12.4. The Labute approximate surface area is 161 Å². The molecular formula is C18H20Cl2N2O4. The number of carbonyl (C=O) groups is 3. The maximum Gasteiger partial charge on any atom is 0.331 e. The predicted octanol–water partition coefficient (Wildman–Crippen LogP) is 3.71. The van der Waals surface area contributed by atoms with E-state index in [-0.39, 0.29) is 6.04 Å². The van der Waals surface area contributed by atoms with Gasteiger partial charge < -0.3 is 10.1 Å². The first-order valence-corrected chi connectivity index (χ1v) is 9.10. The van der Waals surface area contributed by atoms with Crippen LogP contribution in [0.5, 0.6) is 0 Å². The quantitative estimate of drug-likeness (QED) is 0.584. The SMILES string of the molecule is O=C(COC(=O)/C=C/c1ccc(Cl)cc1Cl)NC(=O)NC1CCCCC1. The van der Waals surface area contributed by atoms with Gasteiger partial charge in [-0.3, -0.25) is 10.1 Å². The molecule has 3 amide bonds. The molecule has 0 unspecified atom stereocenters. The fraction of sp³-hybridized carbons (Fsp3) is 0.389. The number of carbonyl (C=O) groups excluding carboxylic acids is 3. The standard InChI is InChI=1S/C18H20Cl2N2O4/c19-13-8-6-12(15(20)10-13)7-9-17(24)26-11-16(23)22-18(25)21-14-4-2-1-3-5-14/h6-10,14H,1-5,11H2,(H2,21,22,23,25)/b9-7+. The monoisotopic (exact) mass is 398 g/mol. The number of esters is 1. The molecule has 1 aromatic carbocycles. The maximum absolute atomic E-state index is 11.7. The summed E-state index contributed by atoms with van der Waals surface area (Å²) in [7, 11) is 0. The van der Waals surface area contributed by atoms with Crippen LogP contribution < -0.4 is 10.6 Å². The second-order valence-corrected chi connectivity index (χ2v) is 6.81. The van der Waals surface area contributed by atoms with E-state index in [0.717, 1.165) is 31.8 Å². The third kappa shape index (κ3) is 7.06. The van der Waals surface area contributed by atoms with Crippen LogP contribution in [-0.2, 0) is 14.3 Å². The van der Waals surface area contributed by atoms with Crippen molar-refractivity contribution in [2.75, 3.05) is 6.61 Å². The molecule has 2 rings (SSSR count). The van der Waals surface area contributed by atoms with Gasteiger partial charge in [-0.25, -0.2) is 9.59 Å². The second kappa shape index (κ2) is 10.2. The number of rotatable bonds is 5. The first-order valence-electron chi connectivity index (χ1n) is 8.34. The smallest absolute Gasteiger partial charge is 0.331 e. The Hall–Kier alpha value is -2.05. The number of halogens is 2. The van der Waals surface area contributed by atoms with Crippen LogP contribution in [0.2, 0.25) is 10.0 Å². The molecule has 0 bridgehead atoms. The van der Waals surface area contributed by atoms with Crippen LogP contribution in [0.4, 0.5) is 4.79 Å². The lowest BCUT2D eigenvalue weighted by molar-refractivity contribution is -0.143. The van der Waals surface area contributed by atoms with Crippen molar-refractivity contribution in [1.29, 1.82) is 0 Å². The van der Waals surface area contributed by atoms with Crippen LogP contribution in [0.1, 0.15) is 37.7 Å². The van der Waals surface area contributed by atoms with Gasteiger partial charge in [0.15, 0.2) is 6.61 Å². The number of imide groups is 1. The molecule has 0 aromatic heterocycles. The molecule has 6 nitrogen and oxygen atoms in total. The average Bonchev–Trinajstić information content (AvgIpc) is 2.60. The highest BCUT2D eigenvalue weighted by molar-refractivity contribution is 6.35. The predicted molar refractivity (Wildman–Crippen MR) is 100 cm³/mol.